The zero-order valence-corrected chi connectivity index (χ0v) is 27.0. The fourth-order valence-corrected chi connectivity index (χ4v) is 5.71. The number of ether oxygens (including phenoxy) is 1. The summed E-state index contributed by atoms with van der Waals surface area (Å²) in [5, 5.41) is 22.5. The first-order chi connectivity index (χ1) is 22.8. The van der Waals surface area contributed by atoms with Crippen LogP contribution in [-0.4, -0.2) is 63.5 Å². The van der Waals surface area contributed by atoms with Crippen LogP contribution in [0.3, 0.4) is 0 Å². The molecule has 248 valence electrons. The Morgan fingerprint density at radius 2 is 1.64 bits per heavy atom. The Kier molecular flexibility index (Phi) is 11.7. The van der Waals surface area contributed by atoms with E-state index in [4.69, 9.17) is 9.84 Å². The van der Waals surface area contributed by atoms with Crippen LogP contribution in [0.15, 0.2) is 66.9 Å². The van der Waals surface area contributed by atoms with E-state index in [1.54, 1.807) is 23.9 Å². The molecule has 0 spiro atoms. The Bertz CT molecular complexity index is 1630. The second kappa shape index (κ2) is 16.3. The minimum atomic E-state index is -0.631. The number of carbonyl (C=O) groups is 2. The van der Waals surface area contributed by atoms with Crippen LogP contribution < -0.4 is 20.7 Å². The highest BCUT2D eigenvalue weighted by molar-refractivity contribution is 5.96. The van der Waals surface area contributed by atoms with Gasteiger partial charge in [-0.3, -0.25) is 14.3 Å². The van der Waals surface area contributed by atoms with E-state index in [-0.39, 0.29) is 36.0 Å². The number of pyridine rings is 1. The largest absolute Gasteiger partial charge is 0.438 e. The molecule has 0 saturated heterocycles. The Morgan fingerprint density at radius 3 is 2.32 bits per heavy atom. The molecule has 4 N–H and O–H groups in total. The molecule has 11 heteroatoms. The van der Waals surface area contributed by atoms with Crippen LogP contribution in [-0.2, 0) is 13.5 Å². The Labute approximate surface area is 274 Å². The van der Waals surface area contributed by atoms with E-state index in [1.807, 2.05) is 25.1 Å². The van der Waals surface area contributed by atoms with Crippen molar-refractivity contribution in [1.29, 1.82) is 0 Å². The van der Waals surface area contributed by atoms with E-state index in [0.29, 0.717) is 37.1 Å². The molecule has 1 fully saturated rings. The number of nitrogens with one attached hydrogen (secondary N) is 3. The van der Waals surface area contributed by atoms with Gasteiger partial charge in [-0.2, -0.15) is 5.10 Å². The second-order valence-electron chi connectivity index (χ2n) is 12.1. The van der Waals surface area contributed by atoms with Gasteiger partial charge in [0.2, 0.25) is 5.88 Å². The first-order valence-corrected chi connectivity index (χ1v) is 16.3. The fourth-order valence-electron chi connectivity index (χ4n) is 5.71. The summed E-state index contributed by atoms with van der Waals surface area (Å²) in [6.07, 6.45) is 6.50. The maximum absolute atomic E-state index is 14.3. The van der Waals surface area contributed by atoms with Gasteiger partial charge < -0.3 is 25.8 Å². The van der Waals surface area contributed by atoms with Crippen molar-refractivity contribution in [3.63, 3.8) is 0 Å². The Hall–Kier alpha value is -4.61. The molecule has 4 aromatic rings. The third-order valence-corrected chi connectivity index (χ3v) is 8.47. The summed E-state index contributed by atoms with van der Waals surface area (Å²) < 4.78 is 22.0. The molecule has 2 aromatic heterocycles. The smallest absolute Gasteiger partial charge is 0.272 e. The summed E-state index contributed by atoms with van der Waals surface area (Å²) in [6, 6.07) is 18.6. The molecular formula is C36H43FN6O4. The summed E-state index contributed by atoms with van der Waals surface area (Å²) in [4.78, 5) is 30.0. The maximum atomic E-state index is 14.3. The number of nitrogens with zero attached hydrogens (tertiary/aromatic N) is 3. The lowest BCUT2D eigenvalue weighted by molar-refractivity contribution is 0.0887. The number of rotatable bonds is 14. The molecule has 2 aromatic carbocycles. The summed E-state index contributed by atoms with van der Waals surface area (Å²) >= 11 is 0. The van der Waals surface area contributed by atoms with Gasteiger partial charge in [0.1, 0.15) is 22.8 Å². The minimum absolute atomic E-state index is 0.0127. The number of hydrogen-bond donors (Lipinski definition) is 4. The van der Waals surface area contributed by atoms with Crippen molar-refractivity contribution in [3.8, 4) is 22.8 Å². The van der Waals surface area contributed by atoms with E-state index in [1.165, 1.54) is 5.56 Å². The lowest BCUT2D eigenvalue weighted by Crippen LogP contribution is -2.44. The van der Waals surface area contributed by atoms with Crippen molar-refractivity contribution in [1.82, 2.24) is 30.7 Å². The molecule has 1 saturated carbocycles. The van der Waals surface area contributed by atoms with Crippen molar-refractivity contribution < 1.29 is 23.8 Å². The SMILES string of the molecule is Cc1cc(C(=O)N[C@H]2CC[C@@H](NC(=O)c3cc(F)cnc3Oc3cccc(-c4ccc(CCCNCCCO)cc4)c3)CC2)nn1C. The molecule has 1 aliphatic rings. The van der Waals surface area contributed by atoms with Crippen molar-refractivity contribution in [2.75, 3.05) is 19.7 Å². The van der Waals surface area contributed by atoms with Crippen molar-refractivity contribution in [2.24, 2.45) is 7.05 Å². The fraction of sp³-hybridized carbons (Fsp3) is 0.389. The monoisotopic (exact) mass is 642 g/mol. The van der Waals surface area contributed by atoms with Crippen molar-refractivity contribution in [2.45, 2.75) is 64.0 Å². The number of amides is 2. The molecule has 1 aliphatic carbocycles. The number of aryl methyl sites for hydroxylation is 3. The highest BCUT2D eigenvalue weighted by atomic mass is 19.1. The van der Waals surface area contributed by atoms with Gasteiger partial charge in [0, 0.05) is 31.4 Å². The molecule has 0 unspecified atom stereocenters. The number of aliphatic hydroxyl groups excluding tert-OH is 1. The summed E-state index contributed by atoms with van der Waals surface area (Å²) in [6.45, 7) is 3.83. The van der Waals surface area contributed by atoms with Gasteiger partial charge in [-0.25, -0.2) is 9.37 Å². The topological polar surface area (TPSA) is 130 Å². The third kappa shape index (κ3) is 9.46. The van der Waals surface area contributed by atoms with Gasteiger partial charge in [0.15, 0.2) is 0 Å². The minimum Gasteiger partial charge on any atom is -0.438 e. The van der Waals surface area contributed by atoms with Crippen LogP contribution in [0.1, 0.15) is 70.6 Å². The lowest BCUT2D eigenvalue weighted by Gasteiger charge is -2.29. The number of aliphatic hydroxyl groups is 1. The Balaban J connectivity index is 1.16. The molecule has 5 rings (SSSR count). The number of hydrogen-bond acceptors (Lipinski definition) is 7. The zero-order chi connectivity index (χ0) is 33.2. The van der Waals surface area contributed by atoms with Crippen LogP contribution in [0.4, 0.5) is 4.39 Å². The van der Waals surface area contributed by atoms with Crippen LogP contribution in [0, 0.1) is 12.7 Å². The zero-order valence-electron chi connectivity index (χ0n) is 27.0. The van der Waals surface area contributed by atoms with Crippen molar-refractivity contribution >= 4 is 11.8 Å². The van der Waals surface area contributed by atoms with Gasteiger partial charge >= 0.3 is 0 Å². The number of aromatic nitrogens is 3. The van der Waals surface area contributed by atoms with E-state index in [9.17, 15) is 14.0 Å². The van der Waals surface area contributed by atoms with E-state index in [0.717, 1.165) is 61.4 Å². The third-order valence-electron chi connectivity index (χ3n) is 8.47. The standard InChI is InChI=1S/C36H43FN6O4/c1-24-20-33(42-43(24)2)35(46)41-30-15-13-29(14-16-30)40-34(45)32-22-28(37)23-39-36(32)47-31-8-3-7-27(21-31)26-11-9-25(10-12-26)6-4-17-38-18-5-19-44/h3,7-12,20-23,29-30,38,44H,4-6,13-19H2,1-2H3,(H,40,45)(H,41,46)/t29-,30+. The van der Waals surface area contributed by atoms with Gasteiger partial charge in [-0.1, -0.05) is 36.4 Å². The molecule has 10 nitrogen and oxygen atoms in total. The lowest BCUT2D eigenvalue weighted by atomic mass is 9.91. The molecule has 2 heterocycles. The molecule has 0 radical (unpaired) electrons. The molecule has 0 atom stereocenters. The van der Waals surface area contributed by atoms with Crippen LogP contribution >= 0.6 is 0 Å². The van der Waals surface area contributed by atoms with Crippen LogP contribution in [0.5, 0.6) is 11.6 Å². The normalized spacial score (nSPS) is 16.1. The predicted octanol–water partition coefficient (Wildman–Crippen LogP) is 5.10. The van der Waals surface area contributed by atoms with Crippen molar-refractivity contribution in [3.05, 3.63) is 95.2 Å². The number of carbonyl (C=O) groups excluding carboxylic acids is 2. The summed E-state index contributed by atoms with van der Waals surface area (Å²) in [7, 11) is 1.80. The maximum Gasteiger partial charge on any atom is 0.272 e. The predicted molar refractivity (Wildman–Crippen MR) is 178 cm³/mol. The van der Waals surface area contributed by atoms with Gasteiger partial charge in [-0.05, 0) is 106 Å². The van der Waals surface area contributed by atoms with E-state index in [2.05, 4.69) is 50.3 Å². The molecular weight excluding hydrogens is 599 g/mol. The average Bonchev–Trinajstić information content (AvgIpc) is 3.42. The summed E-state index contributed by atoms with van der Waals surface area (Å²) in [5.41, 5.74) is 4.52. The highest BCUT2D eigenvalue weighted by Crippen LogP contribution is 2.29. The first kappa shape index (κ1) is 33.7. The van der Waals surface area contributed by atoms with E-state index >= 15 is 0 Å². The first-order valence-electron chi connectivity index (χ1n) is 16.3. The molecule has 0 bridgehead atoms. The number of benzene rings is 2. The van der Waals surface area contributed by atoms with Crippen LogP contribution in [0.25, 0.3) is 11.1 Å². The van der Waals surface area contributed by atoms with Gasteiger partial charge in [-0.15, -0.1) is 0 Å². The molecule has 0 aliphatic heterocycles. The highest BCUT2D eigenvalue weighted by Gasteiger charge is 2.26. The number of halogens is 1. The van der Waals surface area contributed by atoms with Gasteiger partial charge in [0.25, 0.3) is 11.8 Å². The second-order valence-corrected chi connectivity index (χ2v) is 12.1. The van der Waals surface area contributed by atoms with Crippen LogP contribution in [0.2, 0.25) is 0 Å². The summed E-state index contributed by atoms with van der Waals surface area (Å²) in [5.74, 6) is -0.791. The molecule has 2 amide bonds. The average molecular weight is 643 g/mol. The Morgan fingerprint density at radius 1 is 0.936 bits per heavy atom. The van der Waals surface area contributed by atoms with E-state index < -0.39 is 11.7 Å². The molecule has 47 heavy (non-hydrogen) atoms. The quantitative estimate of drug-likeness (QED) is 0.141. The van der Waals surface area contributed by atoms with Gasteiger partial charge in [0.05, 0.1) is 6.20 Å².